The van der Waals surface area contributed by atoms with Gasteiger partial charge in [0.1, 0.15) is 0 Å². The Morgan fingerprint density at radius 1 is 0.351 bits per heavy atom. The summed E-state index contributed by atoms with van der Waals surface area (Å²) in [5.41, 5.74) is 11.9. The summed E-state index contributed by atoms with van der Waals surface area (Å²) in [5.74, 6) is 0. The molecule has 0 spiro atoms. The number of anilines is 3. The smallest absolute Gasteiger partial charge is 0.0645 e. The normalized spacial score (nSPS) is 12.7. The van der Waals surface area contributed by atoms with Crippen molar-refractivity contribution in [3.63, 3.8) is 0 Å². The summed E-state index contributed by atoms with van der Waals surface area (Å²) in [6.45, 7) is 0. The Morgan fingerprint density at radius 2 is 0.860 bits per heavy atom. The third-order valence-electron chi connectivity index (χ3n) is 11.0. The summed E-state index contributed by atoms with van der Waals surface area (Å²) in [7, 11) is 0. The molecule has 3 heteroatoms. The van der Waals surface area contributed by atoms with Crippen molar-refractivity contribution in [1.29, 1.82) is 0 Å². The summed E-state index contributed by atoms with van der Waals surface area (Å²) in [4.78, 5) is 2.25. The van der Waals surface area contributed by atoms with Crippen molar-refractivity contribution in [3.8, 4) is 33.6 Å². The second kappa shape index (κ2) is 13.6. The molecule has 0 aliphatic carbocycles. The molecule has 0 bridgehead atoms. The Balaban J connectivity index is 1.16. The lowest BCUT2D eigenvalue weighted by atomic mass is 9.99. The number of benzene rings is 9. The molecule has 3 nitrogen and oxygen atoms in total. The monoisotopic (exact) mass is 732 g/mol. The minimum absolute atomic E-state index is 0.112. The van der Waals surface area contributed by atoms with Gasteiger partial charge in [-0.15, -0.1) is 0 Å². The van der Waals surface area contributed by atoms with Crippen molar-refractivity contribution < 1.29 is 6.85 Å². The van der Waals surface area contributed by atoms with Crippen LogP contribution in [0.5, 0.6) is 0 Å². The van der Waals surface area contributed by atoms with E-state index in [9.17, 15) is 0 Å². The van der Waals surface area contributed by atoms with Crippen molar-refractivity contribution in [2.75, 3.05) is 4.90 Å². The highest BCUT2D eigenvalue weighted by atomic mass is 15.1. The van der Waals surface area contributed by atoms with Gasteiger partial charge in [-0.05, 0) is 89.4 Å². The van der Waals surface area contributed by atoms with Crippen LogP contribution < -0.4 is 4.90 Å². The van der Waals surface area contributed by atoms with Gasteiger partial charge in [-0.25, -0.2) is 0 Å². The first-order chi connectivity index (χ1) is 30.4. The van der Waals surface area contributed by atoms with Gasteiger partial charge in [-0.3, -0.25) is 0 Å². The van der Waals surface area contributed by atoms with Crippen molar-refractivity contribution in [2.45, 2.75) is 0 Å². The minimum atomic E-state index is -0.422. The third-order valence-corrected chi connectivity index (χ3v) is 11.0. The number of hydrogen-bond donors (Lipinski definition) is 0. The molecule has 0 aliphatic rings. The van der Waals surface area contributed by atoms with Gasteiger partial charge in [0.15, 0.2) is 0 Å². The van der Waals surface area contributed by atoms with Gasteiger partial charge in [-0.1, -0.05) is 152 Å². The SMILES string of the molecule is [2H]c1c([2H])c([2H])c(-n2c3ccccc3c3ccc(N(c4ccc(-c5ccccc5)cc4)c4ccccc4-c4ccc5c6ccccc6n(-c6ccccc6)c5c4)cc32)c([2H])c1[2H]. The van der Waals surface area contributed by atoms with Crippen LogP contribution in [-0.2, 0) is 0 Å². The molecule has 11 aromatic rings. The lowest BCUT2D eigenvalue weighted by Crippen LogP contribution is -2.11. The molecule has 0 amide bonds. The summed E-state index contributed by atoms with van der Waals surface area (Å²) in [6, 6.07) is 65.5. The van der Waals surface area contributed by atoms with Crippen LogP contribution in [0.4, 0.5) is 17.1 Å². The summed E-state index contributed by atoms with van der Waals surface area (Å²) in [6.07, 6.45) is 0. The van der Waals surface area contributed by atoms with Gasteiger partial charge in [-0.2, -0.15) is 0 Å². The molecule has 0 fully saturated rings. The molecule has 11 rings (SSSR count). The molecule has 0 radical (unpaired) electrons. The van der Waals surface area contributed by atoms with E-state index in [0.29, 0.717) is 0 Å². The Bertz CT molecular complexity index is 3490. The fourth-order valence-electron chi connectivity index (χ4n) is 8.46. The first-order valence-corrected chi connectivity index (χ1v) is 19.1. The van der Waals surface area contributed by atoms with Gasteiger partial charge < -0.3 is 14.0 Å². The molecule has 57 heavy (non-hydrogen) atoms. The topological polar surface area (TPSA) is 13.1 Å². The maximum Gasteiger partial charge on any atom is 0.0645 e. The number of para-hydroxylation sites is 5. The van der Waals surface area contributed by atoms with Gasteiger partial charge in [0.05, 0.1) is 34.6 Å². The molecule has 0 atom stereocenters. The fraction of sp³-hybridized carbons (Fsp3) is 0. The van der Waals surface area contributed by atoms with E-state index >= 15 is 0 Å². The van der Waals surface area contributed by atoms with Gasteiger partial charge in [0, 0.05) is 49.9 Å². The zero-order valence-electron chi connectivity index (χ0n) is 35.8. The molecule has 0 aliphatic heterocycles. The number of nitrogens with zero attached hydrogens (tertiary/aromatic N) is 3. The van der Waals surface area contributed by atoms with E-state index in [1.54, 1.807) is 0 Å². The van der Waals surface area contributed by atoms with Crippen molar-refractivity contribution in [1.82, 2.24) is 9.13 Å². The predicted octanol–water partition coefficient (Wildman–Crippen LogP) is 14.7. The highest BCUT2D eigenvalue weighted by molar-refractivity contribution is 6.12. The van der Waals surface area contributed by atoms with Crippen LogP contribution >= 0.6 is 0 Å². The number of hydrogen-bond acceptors (Lipinski definition) is 1. The van der Waals surface area contributed by atoms with Crippen molar-refractivity contribution in [2.24, 2.45) is 0 Å². The highest BCUT2D eigenvalue weighted by Gasteiger charge is 2.21. The first kappa shape index (κ1) is 27.9. The zero-order valence-corrected chi connectivity index (χ0v) is 30.8. The molecular formula is C54H37N3. The Kier molecular flexibility index (Phi) is 6.65. The molecular weight excluding hydrogens is 691 g/mol. The third kappa shape index (κ3) is 5.51. The van der Waals surface area contributed by atoms with E-state index in [0.717, 1.165) is 77.8 Å². The quantitative estimate of drug-likeness (QED) is 0.159. The fourth-order valence-corrected chi connectivity index (χ4v) is 8.46. The molecule has 0 N–H and O–H groups in total. The molecule has 9 aromatic carbocycles. The number of aromatic nitrogens is 2. The molecule has 0 saturated heterocycles. The average molecular weight is 733 g/mol. The maximum atomic E-state index is 9.04. The van der Waals surface area contributed by atoms with Crippen LogP contribution in [0.3, 0.4) is 0 Å². The predicted molar refractivity (Wildman–Crippen MR) is 241 cm³/mol. The van der Waals surface area contributed by atoms with E-state index in [2.05, 4.69) is 155 Å². The average Bonchev–Trinajstić information content (AvgIpc) is 3.83. The number of fused-ring (bicyclic) bond motifs is 6. The lowest BCUT2D eigenvalue weighted by Gasteiger charge is -2.28. The van der Waals surface area contributed by atoms with Crippen LogP contribution in [-0.4, -0.2) is 9.13 Å². The highest BCUT2D eigenvalue weighted by Crippen LogP contribution is 2.45. The van der Waals surface area contributed by atoms with Crippen LogP contribution in [0, 0.1) is 0 Å². The second-order valence-corrected chi connectivity index (χ2v) is 14.2. The van der Waals surface area contributed by atoms with E-state index in [-0.39, 0.29) is 29.9 Å². The van der Waals surface area contributed by atoms with Crippen LogP contribution in [0.2, 0.25) is 0 Å². The Labute approximate surface area is 338 Å². The lowest BCUT2D eigenvalue weighted by molar-refractivity contribution is 1.18. The van der Waals surface area contributed by atoms with E-state index in [1.165, 1.54) is 10.8 Å². The Morgan fingerprint density at radius 3 is 1.58 bits per heavy atom. The maximum absolute atomic E-state index is 9.04. The molecule has 2 heterocycles. The minimum Gasteiger partial charge on any atom is -0.310 e. The molecule has 2 aromatic heterocycles. The van der Waals surface area contributed by atoms with Gasteiger partial charge >= 0.3 is 0 Å². The largest absolute Gasteiger partial charge is 0.310 e. The molecule has 0 saturated carbocycles. The Hall–Kier alpha value is -7.62. The molecule has 0 unspecified atom stereocenters. The first-order valence-electron chi connectivity index (χ1n) is 21.6. The van der Waals surface area contributed by atoms with Crippen molar-refractivity contribution in [3.05, 3.63) is 224 Å². The van der Waals surface area contributed by atoms with E-state index < -0.39 is 6.04 Å². The van der Waals surface area contributed by atoms with Crippen molar-refractivity contribution >= 4 is 60.7 Å². The van der Waals surface area contributed by atoms with Crippen LogP contribution in [0.15, 0.2) is 224 Å². The van der Waals surface area contributed by atoms with E-state index in [4.69, 9.17) is 6.85 Å². The zero-order chi connectivity index (χ0) is 42.1. The summed E-state index contributed by atoms with van der Waals surface area (Å²) < 4.78 is 47.8. The van der Waals surface area contributed by atoms with Gasteiger partial charge in [0.2, 0.25) is 0 Å². The molecule has 268 valence electrons. The van der Waals surface area contributed by atoms with Crippen LogP contribution in [0.1, 0.15) is 6.85 Å². The van der Waals surface area contributed by atoms with E-state index in [1.807, 2.05) is 53.1 Å². The van der Waals surface area contributed by atoms with Crippen LogP contribution in [0.25, 0.3) is 77.2 Å². The second-order valence-electron chi connectivity index (χ2n) is 14.2. The summed E-state index contributed by atoms with van der Waals surface area (Å²) >= 11 is 0. The standard InChI is InChI=1S/C54H37N3/c1-4-16-38(17-5-1)39-28-31-43(32-29-39)55(44-33-35-49-47-24-12-15-27-52(47)57(54(49)37-44)42-20-8-3-9-21-42)50-25-13-10-22-45(50)40-30-34-48-46-23-11-14-26-51(46)56(53(48)36-40)41-18-6-2-7-19-41/h1-37H/i3D,8D,9D,20D,21D. The van der Waals surface area contributed by atoms with Gasteiger partial charge in [0.25, 0.3) is 0 Å². The summed E-state index contributed by atoms with van der Waals surface area (Å²) in [5, 5.41) is 4.18. The number of rotatable bonds is 7.